The first-order valence-corrected chi connectivity index (χ1v) is 7.48. The van der Waals surface area contributed by atoms with Gasteiger partial charge in [0.15, 0.2) is 0 Å². The number of nitrogens with two attached hydrogens (primary N) is 1. The highest BCUT2D eigenvalue weighted by atomic mass is 16.5. The van der Waals surface area contributed by atoms with Crippen LogP contribution in [0.25, 0.3) is 0 Å². The molecule has 0 aromatic heterocycles. The Morgan fingerprint density at radius 3 is 3.10 bits per heavy atom. The molecule has 1 aromatic carbocycles. The highest BCUT2D eigenvalue weighted by molar-refractivity contribution is 5.94. The summed E-state index contributed by atoms with van der Waals surface area (Å²) in [6.45, 7) is 1.81. The van der Waals surface area contributed by atoms with Crippen molar-refractivity contribution in [2.24, 2.45) is 5.73 Å². The maximum absolute atomic E-state index is 12.1. The normalized spacial score (nSPS) is 17.7. The largest absolute Gasteiger partial charge is 0.378 e. The number of carbonyl (C=O) groups excluding carboxylic acids is 1. The van der Waals surface area contributed by atoms with Crippen LogP contribution in [-0.2, 0) is 4.74 Å². The molecule has 21 heavy (non-hydrogen) atoms. The van der Waals surface area contributed by atoms with Gasteiger partial charge < -0.3 is 15.8 Å². The second-order valence-electron chi connectivity index (χ2n) is 5.12. The molecule has 4 heteroatoms. The standard InChI is InChI=1S/C17H22N2O2/c18-10-4-6-14-5-3-7-15(13-14)17(20)19-11-9-16-8-1-2-12-21-16/h3,5,7,13,16H,1-2,8-12,18H2,(H,19,20). The van der Waals surface area contributed by atoms with E-state index < -0.39 is 0 Å². The maximum Gasteiger partial charge on any atom is 0.251 e. The van der Waals surface area contributed by atoms with E-state index in [-0.39, 0.29) is 5.91 Å². The van der Waals surface area contributed by atoms with Crippen molar-refractivity contribution < 1.29 is 9.53 Å². The van der Waals surface area contributed by atoms with Crippen LogP contribution in [0, 0.1) is 11.8 Å². The molecular weight excluding hydrogens is 264 g/mol. The van der Waals surface area contributed by atoms with Gasteiger partial charge in [0.2, 0.25) is 0 Å². The van der Waals surface area contributed by atoms with Crippen molar-refractivity contribution in [1.82, 2.24) is 5.32 Å². The summed E-state index contributed by atoms with van der Waals surface area (Å²) in [4.78, 5) is 12.1. The Morgan fingerprint density at radius 2 is 2.33 bits per heavy atom. The lowest BCUT2D eigenvalue weighted by atomic mass is 10.1. The van der Waals surface area contributed by atoms with E-state index in [9.17, 15) is 4.79 Å². The van der Waals surface area contributed by atoms with Crippen LogP contribution < -0.4 is 11.1 Å². The van der Waals surface area contributed by atoms with Crippen LogP contribution in [0.15, 0.2) is 24.3 Å². The molecule has 1 aliphatic rings. The highest BCUT2D eigenvalue weighted by Crippen LogP contribution is 2.15. The SMILES string of the molecule is NCC#Cc1cccc(C(=O)NCCC2CCCCO2)c1. The Morgan fingerprint density at radius 1 is 1.43 bits per heavy atom. The summed E-state index contributed by atoms with van der Waals surface area (Å²) in [6.07, 6.45) is 4.64. The molecule has 0 saturated carbocycles. The number of amides is 1. The van der Waals surface area contributed by atoms with Crippen molar-refractivity contribution in [3.63, 3.8) is 0 Å². The van der Waals surface area contributed by atoms with Gasteiger partial charge in [-0.1, -0.05) is 17.9 Å². The van der Waals surface area contributed by atoms with Gasteiger partial charge in [-0.2, -0.15) is 0 Å². The first kappa shape index (κ1) is 15.6. The first-order valence-electron chi connectivity index (χ1n) is 7.48. The average Bonchev–Trinajstić information content (AvgIpc) is 2.54. The lowest BCUT2D eigenvalue weighted by Crippen LogP contribution is -2.29. The molecule has 1 saturated heterocycles. The van der Waals surface area contributed by atoms with Crippen LogP contribution in [-0.4, -0.2) is 31.7 Å². The van der Waals surface area contributed by atoms with Crippen LogP contribution in [0.4, 0.5) is 0 Å². The lowest BCUT2D eigenvalue weighted by Gasteiger charge is -2.22. The molecule has 4 nitrogen and oxygen atoms in total. The van der Waals surface area contributed by atoms with Crippen molar-refractivity contribution in [2.45, 2.75) is 31.8 Å². The topological polar surface area (TPSA) is 64.4 Å². The van der Waals surface area contributed by atoms with Gasteiger partial charge in [-0.05, 0) is 43.9 Å². The summed E-state index contributed by atoms with van der Waals surface area (Å²) in [5.41, 5.74) is 6.78. The van der Waals surface area contributed by atoms with Crippen molar-refractivity contribution in [2.75, 3.05) is 19.7 Å². The molecule has 1 fully saturated rings. The molecule has 1 heterocycles. The van der Waals surface area contributed by atoms with E-state index in [1.165, 1.54) is 6.42 Å². The van der Waals surface area contributed by atoms with Gasteiger partial charge in [-0.15, -0.1) is 0 Å². The van der Waals surface area contributed by atoms with Crippen LogP contribution in [0.5, 0.6) is 0 Å². The monoisotopic (exact) mass is 286 g/mol. The van der Waals surface area contributed by atoms with Crippen LogP contribution in [0.2, 0.25) is 0 Å². The fourth-order valence-electron chi connectivity index (χ4n) is 2.38. The number of benzene rings is 1. The van der Waals surface area contributed by atoms with Gasteiger partial charge in [-0.25, -0.2) is 0 Å². The smallest absolute Gasteiger partial charge is 0.251 e. The second kappa shape index (κ2) is 8.46. The van der Waals surface area contributed by atoms with Crippen LogP contribution in [0.3, 0.4) is 0 Å². The quantitative estimate of drug-likeness (QED) is 0.828. The Hall–Kier alpha value is -1.83. The highest BCUT2D eigenvalue weighted by Gasteiger charge is 2.14. The number of ether oxygens (including phenoxy) is 1. The van der Waals surface area contributed by atoms with E-state index in [0.29, 0.717) is 24.8 Å². The van der Waals surface area contributed by atoms with E-state index in [4.69, 9.17) is 10.5 Å². The zero-order valence-corrected chi connectivity index (χ0v) is 12.2. The third-order valence-electron chi connectivity index (χ3n) is 3.49. The first-order chi connectivity index (χ1) is 10.3. The van der Waals surface area contributed by atoms with Crippen LogP contribution >= 0.6 is 0 Å². The van der Waals surface area contributed by atoms with Gasteiger partial charge in [0.25, 0.3) is 5.91 Å². The van der Waals surface area contributed by atoms with Gasteiger partial charge in [0.1, 0.15) is 0 Å². The molecule has 1 aliphatic heterocycles. The summed E-state index contributed by atoms with van der Waals surface area (Å²) < 4.78 is 5.65. The summed E-state index contributed by atoms with van der Waals surface area (Å²) in [5.74, 6) is 5.65. The van der Waals surface area contributed by atoms with Crippen molar-refractivity contribution >= 4 is 5.91 Å². The van der Waals surface area contributed by atoms with Crippen LogP contribution in [0.1, 0.15) is 41.6 Å². The van der Waals surface area contributed by atoms with E-state index in [1.807, 2.05) is 12.1 Å². The molecule has 0 bridgehead atoms. The molecule has 0 aliphatic carbocycles. The van der Waals surface area contributed by atoms with E-state index in [2.05, 4.69) is 17.2 Å². The number of hydrogen-bond acceptors (Lipinski definition) is 3. The van der Waals surface area contributed by atoms with E-state index in [1.54, 1.807) is 12.1 Å². The van der Waals surface area contributed by atoms with Crippen molar-refractivity contribution in [3.05, 3.63) is 35.4 Å². The second-order valence-corrected chi connectivity index (χ2v) is 5.12. The molecule has 2 rings (SSSR count). The Kier molecular flexibility index (Phi) is 6.26. The molecule has 1 aromatic rings. The third-order valence-corrected chi connectivity index (χ3v) is 3.49. The predicted octanol–water partition coefficient (Wildman–Crippen LogP) is 1.69. The molecule has 1 unspecified atom stereocenters. The minimum absolute atomic E-state index is 0.0674. The minimum Gasteiger partial charge on any atom is -0.378 e. The Bertz CT molecular complexity index is 525. The summed E-state index contributed by atoms with van der Waals surface area (Å²) >= 11 is 0. The third kappa shape index (κ3) is 5.22. The van der Waals surface area contributed by atoms with Gasteiger partial charge in [0.05, 0.1) is 12.6 Å². The lowest BCUT2D eigenvalue weighted by molar-refractivity contribution is 0.0117. The molecule has 112 valence electrons. The Balaban J connectivity index is 1.82. The van der Waals surface area contributed by atoms with E-state index in [0.717, 1.165) is 31.4 Å². The zero-order valence-electron chi connectivity index (χ0n) is 12.2. The minimum atomic E-state index is -0.0674. The molecular formula is C17H22N2O2. The fraction of sp³-hybridized carbons (Fsp3) is 0.471. The fourth-order valence-corrected chi connectivity index (χ4v) is 2.38. The maximum atomic E-state index is 12.1. The number of rotatable bonds is 4. The summed E-state index contributed by atoms with van der Waals surface area (Å²) in [5, 5.41) is 2.94. The molecule has 1 amide bonds. The number of hydrogen-bond donors (Lipinski definition) is 2. The summed E-state index contributed by atoms with van der Waals surface area (Å²) in [6, 6.07) is 7.28. The van der Waals surface area contributed by atoms with Gasteiger partial charge in [-0.3, -0.25) is 4.79 Å². The van der Waals surface area contributed by atoms with Gasteiger partial charge in [0, 0.05) is 24.3 Å². The summed E-state index contributed by atoms with van der Waals surface area (Å²) in [7, 11) is 0. The zero-order chi connectivity index (χ0) is 14.9. The van der Waals surface area contributed by atoms with E-state index >= 15 is 0 Å². The van der Waals surface area contributed by atoms with Crippen molar-refractivity contribution in [1.29, 1.82) is 0 Å². The molecule has 0 spiro atoms. The number of carbonyl (C=O) groups is 1. The Labute approximate surface area is 126 Å². The number of nitrogens with one attached hydrogen (secondary N) is 1. The molecule has 3 N–H and O–H groups in total. The van der Waals surface area contributed by atoms with Gasteiger partial charge >= 0.3 is 0 Å². The van der Waals surface area contributed by atoms with Crippen molar-refractivity contribution in [3.8, 4) is 11.8 Å². The molecule has 1 atom stereocenters. The molecule has 0 radical (unpaired) electrons. The average molecular weight is 286 g/mol. The predicted molar refractivity (Wildman–Crippen MR) is 82.9 cm³/mol.